The summed E-state index contributed by atoms with van der Waals surface area (Å²) < 4.78 is 0. The van der Waals surface area contributed by atoms with Crippen molar-refractivity contribution in [1.82, 2.24) is 4.90 Å². The lowest BCUT2D eigenvalue weighted by molar-refractivity contribution is 0.148. The highest BCUT2D eigenvalue weighted by Gasteiger charge is 2.23. The van der Waals surface area contributed by atoms with Crippen molar-refractivity contribution >= 4 is 11.8 Å². The van der Waals surface area contributed by atoms with Gasteiger partial charge in [-0.15, -0.1) is 11.8 Å². The summed E-state index contributed by atoms with van der Waals surface area (Å²) in [6.07, 6.45) is 6.97. The monoisotopic (exact) mass is 307 g/mol. The molecule has 2 rings (SSSR count). The van der Waals surface area contributed by atoms with E-state index in [4.69, 9.17) is 0 Å². The molecule has 1 N–H and O–H groups in total. The first-order chi connectivity index (χ1) is 10.1. The summed E-state index contributed by atoms with van der Waals surface area (Å²) in [4.78, 5) is 3.58. The van der Waals surface area contributed by atoms with Crippen LogP contribution in [0.5, 0.6) is 0 Å². The Hall–Kier alpha value is -0.510. The van der Waals surface area contributed by atoms with E-state index in [0.29, 0.717) is 11.3 Å². The molecule has 1 aromatic rings. The van der Waals surface area contributed by atoms with Crippen molar-refractivity contribution in [2.45, 2.75) is 67.7 Å². The molecule has 3 heteroatoms. The third-order valence-electron chi connectivity index (χ3n) is 4.59. The van der Waals surface area contributed by atoms with Crippen LogP contribution in [0.15, 0.2) is 29.2 Å². The average Bonchev–Trinajstić information content (AvgIpc) is 2.46. The van der Waals surface area contributed by atoms with E-state index in [2.05, 4.69) is 50.2 Å². The van der Waals surface area contributed by atoms with E-state index in [1.807, 2.05) is 11.8 Å². The van der Waals surface area contributed by atoms with Crippen LogP contribution in [0.25, 0.3) is 0 Å². The minimum atomic E-state index is -0.155. The van der Waals surface area contributed by atoms with Crippen molar-refractivity contribution in [1.29, 1.82) is 0 Å². The Bertz CT molecular complexity index is 435. The van der Waals surface area contributed by atoms with Gasteiger partial charge in [-0.25, -0.2) is 0 Å². The smallest absolute Gasteiger partial charge is 0.0662 e. The largest absolute Gasteiger partial charge is 0.392 e. The van der Waals surface area contributed by atoms with Gasteiger partial charge in [-0.3, -0.25) is 0 Å². The van der Waals surface area contributed by atoms with Crippen molar-refractivity contribution in [3.8, 4) is 0 Å². The molecule has 3 atom stereocenters. The zero-order valence-electron chi connectivity index (χ0n) is 13.6. The third-order valence-corrected chi connectivity index (χ3v) is 6.07. The second-order valence-electron chi connectivity index (χ2n) is 6.39. The fourth-order valence-electron chi connectivity index (χ4n) is 2.94. The van der Waals surface area contributed by atoms with Gasteiger partial charge < -0.3 is 10.0 Å². The van der Waals surface area contributed by atoms with Crippen LogP contribution in [-0.2, 0) is 0 Å². The molecule has 0 heterocycles. The Morgan fingerprint density at radius 2 is 1.76 bits per heavy atom. The standard InChI is InChI=1S/C18H29NOS/c1-14(19(2)3)15-10-8-9-12-17(15)21-18-13-7-5-4-6-11-16(18)20/h8-10,12,14,16,18,20H,4-7,11,13H2,1-3H3/t14-,16-,18-/m1/s1. The molecule has 0 saturated heterocycles. The number of aliphatic hydroxyl groups excluding tert-OH is 1. The Morgan fingerprint density at radius 1 is 1.10 bits per heavy atom. The Morgan fingerprint density at radius 3 is 2.48 bits per heavy atom. The first-order valence-electron chi connectivity index (χ1n) is 8.19. The summed E-state index contributed by atoms with van der Waals surface area (Å²) in [6.45, 7) is 2.24. The van der Waals surface area contributed by atoms with Crippen LogP contribution in [0.3, 0.4) is 0 Å². The highest BCUT2D eigenvalue weighted by Crippen LogP contribution is 2.37. The van der Waals surface area contributed by atoms with Crippen LogP contribution in [0, 0.1) is 0 Å². The molecule has 0 radical (unpaired) electrons. The summed E-state index contributed by atoms with van der Waals surface area (Å²) in [5, 5.41) is 10.8. The van der Waals surface area contributed by atoms with Gasteiger partial charge in [0.25, 0.3) is 0 Å². The zero-order valence-corrected chi connectivity index (χ0v) is 14.4. The molecule has 0 aromatic heterocycles. The maximum atomic E-state index is 10.4. The lowest BCUT2D eigenvalue weighted by atomic mass is 9.98. The molecule has 0 bridgehead atoms. The van der Waals surface area contributed by atoms with Crippen molar-refractivity contribution in [3.05, 3.63) is 29.8 Å². The van der Waals surface area contributed by atoms with Crippen molar-refractivity contribution < 1.29 is 5.11 Å². The van der Waals surface area contributed by atoms with Crippen molar-refractivity contribution in [2.24, 2.45) is 0 Å². The van der Waals surface area contributed by atoms with Gasteiger partial charge in [0, 0.05) is 16.2 Å². The van der Waals surface area contributed by atoms with Gasteiger partial charge in [-0.1, -0.05) is 43.9 Å². The fraction of sp³-hybridized carbons (Fsp3) is 0.667. The van der Waals surface area contributed by atoms with Crippen LogP contribution in [0.2, 0.25) is 0 Å². The number of benzene rings is 1. The third kappa shape index (κ3) is 4.73. The van der Waals surface area contributed by atoms with Crippen LogP contribution in [-0.4, -0.2) is 35.5 Å². The van der Waals surface area contributed by atoms with Gasteiger partial charge in [0.05, 0.1) is 6.10 Å². The molecule has 1 aromatic carbocycles. The first-order valence-corrected chi connectivity index (χ1v) is 9.07. The molecule has 0 amide bonds. The molecule has 2 nitrogen and oxygen atoms in total. The summed E-state index contributed by atoms with van der Waals surface area (Å²) in [7, 11) is 4.24. The van der Waals surface area contributed by atoms with Crippen molar-refractivity contribution in [2.75, 3.05) is 14.1 Å². The SMILES string of the molecule is C[C@H](c1ccccc1S[C@@H]1CCCCCC[C@H]1O)N(C)C. The van der Waals surface area contributed by atoms with E-state index in [1.165, 1.54) is 36.1 Å². The Labute approximate surface area is 133 Å². The van der Waals surface area contributed by atoms with Crippen molar-refractivity contribution in [3.63, 3.8) is 0 Å². The highest BCUT2D eigenvalue weighted by molar-refractivity contribution is 8.00. The molecule has 1 aliphatic carbocycles. The molecule has 118 valence electrons. The molecule has 0 aliphatic heterocycles. The predicted octanol–water partition coefficient (Wildman–Crippen LogP) is 4.49. The molecule has 1 saturated carbocycles. The van der Waals surface area contributed by atoms with E-state index < -0.39 is 0 Å². The Kier molecular flexibility index (Phi) is 6.59. The lowest BCUT2D eigenvalue weighted by Gasteiger charge is -2.28. The number of hydrogen-bond donors (Lipinski definition) is 1. The number of nitrogens with zero attached hydrogens (tertiary/aromatic N) is 1. The molecule has 1 fully saturated rings. The lowest BCUT2D eigenvalue weighted by Crippen LogP contribution is -2.25. The zero-order chi connectivity index (χ0) is 15.2. The van der Waals surface area contributed by atoms with Gasteiger partial charge in [0.1, 0.15) is 0 Å². The normalized spacial score (nSPS) is 25.4. The molecular weight excluding hydrogens is 278 g/mol. The van der Waals surface area contributed by atoms with E-state index in [1.54, 1.807) is 0 Å². The summed E-state index contributed by atoms with van der Waals surface area (Å²) >= 11 is 1.89. The maximum Gasteiger partial charge on any atom is 0.0662 e. The maximum absolute atomic E-state index is 10.4. The molecule has 0 unspecified atom stereocenters. The first kappa shape index (κ1) is 16.9. The van der Waals surface area contributed by atoms with Crippen LogP contribution in [0.4, 0.5) is 0 Å². The molecule has 21 heavy (non-hydrogen) atoms. The Balaban J connectivity index is 2.14. The van der Waals surface area contributed by atoms with Gasteiger partial charge in [-0.05, 0) is 45.5 Å². The van der Waals surface area contributed by atoms with Gasteiger partial charge in [0.2, 0.25) is 0 Å². The van der Waals surface area contributed by atoms with Gasteiger partial charge in [0.15, 0.2) is 0 Å². The number of rotatable bonds is 4. The van der Waals surface area contributed by atoms with E-state index in [9.17, 15) is 5.11 Å². The summed E-state index contributed by atoms with van der Waals surface area (Å²) in [5.41, 5.74) is 1.38. The van der Waals surface area contributed by atoms with Crippen LogP contribution in [0.1, 0.15) is 57.1 Å². The second kappa shape index (κ2) is 8.21. The van der Waals surface area contributed by atoms with E-state index >= 15 is 0 Å². The van der Waals surface area contributed by atoms with Crippen LogP contribution >= 0.6 is 11.8 Å². The van der Waals surface area contributed by atoms with E-state index in [0.717, 1.165) is 12.8 Å². The van der Waals surface area contributed by atoms with Gasteiger partial charge >= 0.3 is 0 Å². The van der Waals surface area contributed by atoms with Gasteiger partial charge in [-0.2, -0.15) is 0 Å². The average molecular weight is 308 g/mol. The second-order valence-corrected chi connectivity index (χ2v) is 7.67. The molecule has 0 spiro atoms. The minimum Gasteiger partial charge on any atom is -0.392 e. The topological polar surface area (TPSA) is 23.5 Å². The predicted molar refractivity (Wildman–Crippen MR) is 91.9 cm³/mol. The molecule has 1 aliphatic rings. The minimum absolute atomic E-state index is 0.155. The van der Waals surface area contributed by atoms with E-state index in [-0.39, 0.29) is 6.10 Å². The number of aliphatic hydroxyl groups is 1. The highest BCUT2D eigenvalue weighted by atomic mass is 32.2. The van der Waals surface area contributed by atoms with Crippen LogP contribution < -0.4 is 0 Å². The summed E-state index contributed by atoms with van der Waals surface area (Å²) in [5.74, 6) is 0. The quantitative estimate of drug-likeness (QED) is 0.887. The fourth-order valence-corrected chi connectivity index (χ4v) is 4.38. The summed E-state index contributed by atoms with van der Waals surface area (Å²) in [6, 6.07) is 9.07. The molecular formula is C18H29NOS. The number of thioether (sulfide) groups is 1. The number of hydrogen-bond acceptors (Lipinski definition) is 3.